The van der Waals surface area contributed by atoms with E-state index in [1.54, 1.807) is 54.6 Å². The fourth-order valence-electron chi connectivity index (χ4n) is 4.38. The van der Waals surface area contributed by atoms with Gasteiger partial charge in [0.1, 0.15) is 16.8 Å². The van der Waals surface area contributed by atoms with Gasteiger partial charge in [0.15, 0.2) is 12.4 Å². The molecule has 1 aliphatic rings. The highest BCUT2D eigenvalue weighted by atomic mass is 35.5. The number of thioether (sulfide) groups is 1. The summed E-state index contributed by atoms with van der Waals surface area (Å²) in [5.41, 5.74) is 2.25. The number of hydrogen-bond acceptors (Lipinski definition) is 9. The zero-order valence-corrected chi connectivity index (χ0v) is 24.2. The number of Topliss-reactive ketones (excluding diaryl/α,β-unsaturated/α-hetero) is 1. The minimum absolute atomic E-state index is 0.0947. The molecule has 1 unspecified atom stereocenters. The highest BCUT2D eigenvalue weighted by Gasteiger charge is 2.41. The number of esters is 1. The molecule has 2 heterocycles. The van der Waals surface area contributed by atoms with Crippen LogP contribution >= 0.6 is 23.4 Å². The van der Waals surface area contributed by atoms with Gasteiger partial charge in [-0.25, -0.2) is 14.7 Å². The van der Waals surface area contributed by atoms with Gasteiger partial charge in [-0.1, -0.05) is 53.7 Å². The number of nitrogens with zero attached hydrogens (tertiary/aromatic N) is 3. The Morgan fingerprint density at radius 2 is 1.79 bits per heavy atom. The number of hydrogen-bond donors (Lipinski definition) is 0. The summed E-state index contributed by atoms with van der Waals surface area (Å²) in [4.78, 5) is 56.8. The Morgan fingerprint density at radius 1 is 1.02 bits per heavy atom. The molecule has 1 fully saturated rings. The SMILES string of the molecule is COc1cccc(C(=O)COC(=O)c2ccc(N3C(=O)CC(Sc4nc(-c5ccccc5Cl)ccc4C#N)C3=O)cc2)c1. The first kappa shape index (κ1) is 29.5. The topological polar surface area (TPSA) is 127 Å². The number of ketones is 1. The van der Waals surface area contributed by atoms with E-state index in [4.69, 9.17) is 21.1 Å². The molecular formula is C32H22ClN3O6S. The quantitative estimate of drug-likeness (QED) is 0.132. The van der Waals surface area contributed by atoms with Crippen molar-refractivity contribution in [2.24, 2.45) is 0 Å². The molecule has 0 spiro atoms. The molecule has 214 valence electrons. The first-order valence-corrected chi connectivity index (χ1v) is 14.2. The summed E-state index contributed by atoms with van der Waals surface area (Å²) in [6.45, 7) is -0.466. The highest BCUT2D eigenvalue weighted by Crippen LogP contribution is 2.36. The number of carbonyl (C=O) groups excluding carboxylic acids is 4. The Kier molecular flexibility index (Phi) is 8.85. The van der Waals surface area contributed by atoms with Crippen LogP contribution in [0, 0.1) is 11.3 Å². The van der Waals surface area contributed by atoms with E-state index in [2.05, 4.69) is 11.1 Å². The van der Waals surface area contributed by atoms with Crippen LogP contribution in [0.15, 0.2) is 90.0 Å². The molecule has 0 radical (unpaired) electrons. The molecule has 1 aliphatic heterocycles. The second-order valence-corrected chi connectivity index (χ2v) is 10.9. The lowest BCUT2D eigenvalue weighted by molar-refractivity contribution is -0.121. The van der Waals surface area contributed by atoms with Gasteiger partial charge in [-0.05, 0) is 54.6 Å². The number of imide groups is 1. The standard InChI is InChI=1S/C32H22ClN3O6S/c1-41-23-6-4-5-20(15-23)27(37)18-42-32(40)19-9-12-22(13-10-19)36-29(38)16-28(31(36)39)43-30-21(17-34)11-14-26(35-30)24-7-2-3-8-25(24)33/h2-15,28H,16,18H2,1H3. The molecule has 9 nitrogen and oxygen atoms in total. The molecule has 1 atom stereocenters. The van der Waals surface area contributed by atoms with Crippen LogP contribution in [0.3, 0.4) is 0 Å². The number of rotatable bonds is 9. The summed E-state index contributed by atoms with van der Waals surface area (Å²) in [5.74, 6) is -1.52. The van der Waals surface area contributed by atoms with Crippen LogP contribution in [0.1, 0.15) is 32.7 Å². The van der Waals surface area contributed by atoms with E-state index in [1.807, 2.05) is 6.07 Å². The molecule has 1 aromatic heterocycles. The van der Waals surface area contributed by atoms with E-state index >= 15 is 0 Å². The van der Waals surface area contributed by atoms with Gasteiger partial charge in [0.25, 0.3) is 0 Å². The van der Waals surface area contributed by atoms with Crippen molar-refractivity contribution >= 4 is 52.6 Å². The third-order valence-corrected chi connectivity index (χ3v) is 8.09. The van der Waals surface area contributed by atoms with Crippen LogP contribution in [0.2, 0.25) is 5.02 Å². The van der Waals surface area contributed by atoms with Crippen molar-refractivity contribution in [2.45, 2.75) is 16.7 Å². The summed E-state index contributed by atoms with van der Waals surface area (Å²) >= 11 is 7.36. The number of methoxy groups -OCH3 is 1. The number of ether oxygens (including phenoxy) is 2. The van der Waals surface area contributed by atoms with Crippen LogP contribution in [0.4, 0.5) is 5.69 Å². The largest absolute Gasteiger partial charge is 0.497 e. The number of nitriles is 1. The lowest BCUT2D eigenvalue weighted by atomic mass is 10.1. The molecule has 0 bridgehead atoms. The Balaban J connectivity index is 1.26. The molecule has 0 aliphatic carbocycles. The molecular weight excluding hydrogens is 590 g/mol. The predicted molar refractivity (Wildman–Crippen MR) is 160 cm³/mol. The summed E-state index contributed by atoms with van der Waals surface area (Å²) in [6, 6.07) is 24.8. The van der Waals surface area contributed by atoms with Crippen molar-refractivity contribution in [3.8, 4) is 23.1 Å². The lowest BCUT2D eigenvalue weighted by Gasteiger charge is -2.15. The average molecular weight is 612 g/mol. The average Bonchev–Trinajstić information content (AvgIpc) is 3.31. The maximum atomic E-state index is 13.3. The second-order valence-electron chi connectivity index (χ2n) is 9.30. The summed E-state index contributed by atoms with van der Waals surface area (Å²) < 4.78 is 10.3. The minimum atomic E-state index is -0.805. The Labute approximate surface area is 256 Å². The van der Waals surface area contributed by atoms with Gasteiger partial charge in [-0.15, -0.1) is 0 Å². The first-order valence-electron chi connectivity index (χ1n) is 12.9. The monoisotopic (exact) mass is 611 g/mol. The van der Waals surface area contributed by atoms with Gasteiger partial charge in [0, 0.05) is 22.6 Å². The molecule has 1 saturated heterocycles. The number of benzene rings is 3. The van der Waals surface area contributed by atoms with Crippen LogP contribution in [0.5, 0.6) is 5.75 Å². The smallest absolute Gasteiger partial charge is 0.338 e. The van der Waals surface area contributed by atoms with E-state index in [1.165, 1.54) is 31.4 Å². The highest BCUT2D eigenvalue weighted by molar-refractivity contribution is 8.00. The number of aromatic nitrogens is 1. The molecule has 2 amide bonds. The van der Waals surface area contributed by atoms with Crippen molar-refractivity contribution in [1.82, 2.24) is 4.98 Å². The van der Waals surface area contributed by atoms with Crippen LogP contribution in [0.25, 0.3) is 11.3 Å². The number of carbonyl (C=O) groups is 4. The summed E-state index contributed by atoms with van der Waals surface area (Å²) in [7, 11) is 1.48. The van der Waals surface area contributed by atoms with Gasteiger partial charge >= 0.3 is 5.97 Å². The third-order valence-electron chi connectivity index (χ3n) is 6.58. The zero-order chi connectivity index (χ0) is 30.5. The van der Waals surface area contributed by atoms with Gasteiger partial charge in [0.05, 0.1) is 34.9 Å². The number of anilines is 1. The number of amides is 2. The Morgan fingerprint density at radius 3 is 2.51 bits per heavy atom. The fraction of sp³-hybridized carbons (Fsp3) is 0.125. The van der Waals surface area contributed by atoms with E-state index in [0.29, 0.717) is 32.6 Å². The minimum Gasteiger partial charge on any atom is -0.497 e. The maximum Gasteiger partial charge on any atom is 0.338 e. The molecule has 5 rings (SSSR count). The Hall–Kier alpha value is -4.98. The van der Waals surface area contributed by atoms with E-state index in [0.717, 1.165) is 16.7 Å². The van der Waals surface area contributed by atoms with Crippen molar-refractivity contribution in [3.05, 3.63) is 107 Å². The number of halogens is 1. The third kappa shape index (κ3) is 6.43. The van der Waals surface area contributed by atoms with Crippen LogP contribution in [-0.4, -0.2) is 47.5 Å². The van der Waals surface area contributed by atoms with Gasteiger partial charge < -0.3 is 9.47 Å². The first-order chi connectivity index (χ1) is 20.8. The normalized spacial score (nSPS) is 14.3. The van der Waals surface area contributed by atoms with E-state index in [-0.39, 0.29) is 23.2 Å². The van der Waals surface area contributed by atoms with Crippen molar-refractivity contribution in [1.29, 1.82) is 5.26 Å². The van der Waals surface area contributed by atoms with Crippen molar-refractivity contribution < 1.29 is 28.7 Å². The lowest BCUT2D eigenvalue weighted by Crippen LogP contribution is -2.31. The zero-order valence-electron chi connectivity index (χ0n) is 22.7. The molecule has 43 heavy (non-hydrogen) atoms. The molecule has 11 heteroatoms. The van der Waals surface area contributed by atoms with Gasteiger partial charge in [-0.2, -0.15) is 5.26 Å². The maximum absolute atomic E-state index is 13.3. The molecule has 0 saturated carbocycles. The summed E-state index contributed by atoms with van der Waals surface area (Å²) in [5, 5.41) is 9.62. The van der Waals surface area contributed by atoms with Crippen molar-refractivity contribution in [3.63, 3.8) is 0 Å². The second kappa shape index (κ2) is 12.9. The molecule has 3 aromatic carbocycles. The van der Waals surface area contributed by atoms with Crippen LogP contribution < -0.4 is 9.64 Å². The van der Waals surface area contributed by atoms with Crippen LogP contribution in [-0.2, 0) is 14.3 Å². The molecule has 4 aromatic rings. The number of pyridine rings is 1. The van der Waals surface area contributed by atoms with Crippen molar-refractivity contribution in [2.75, 3.05) is 18.6 Å². The summed E-state index contributed by atoms with van der Waals surface area (Å²) in [6.07, 6.45) is -0.0947. The van der Waals surface area contributed by atoms with Gasteiger partial charge in [-0.3, -0.25) is 14.4 Å². The van der Waals surface area contributed by atoms with E-state index < -0.39 is 35.4 Å². The predicted octanol–water partition coefficient (Wildman–Crippen LogP) is 5.75. The van der Waals surface area contributed by atoms with E-state index in [9.17, 15) is 24.4 Å². The molecule has 0 N–H and O–H groups in total. The Bertz CT molecular complexity index is 1790. The van der Waals surface area contributed by atoms with Gasteiger partial charge in [0.2, 0.25) is 11.8 Å². The fourth-order valence-corrected chi connectivity index (χ4v) is 5.70.